The molecule has 1 aromatic rings. The summed E-state index contributed by atoms with van der Waals surface area (Å²) in [4.78, 5) is -2.20. The molecule has 0 spiro atoms. The van der Waals surface area contributed by atoms with Crippen LogP contribution < -0.4 is 29.6 Å². The van der Waals surface area contributed by atoms with Crippen molar-refractivity contribution in [1.29, 1.82) is 0 Å². The van der Waals surface area contributed by atoms with Crippen molar-refractivity contribution in [2.45, 2.75) is 9.79 Å². The maximum Gasteiger partial charge on any atom is 1.00 e. The summed E-state index contributed by atoms with van der Waals surface area (Å²) < 4.78 is 59.9. The molecule has 0 atom stereocenters. The summed E-state index contributed by atoms with van der Waals surface area (Å²) in [7, 11) is -9.70. The van der Waals surface area contributed by atoms with Crippen LogP contribution in [0.2, 0.25) is 0 Å². The molecule has 1 rings (SSSR count). The summed E-state index contributed by atoms with van der Waals surface area (Å²) in [6.07, 6.45) is 0. The zero-order valence-electron chi connectivity index (χ0n) is 9.89. The van der Waals surface area contributed by atoms with Gasteiger partial charge in [0.25, 0.3) is 20.2 Å². The molecule has 0 aliphatic rings. The first-order valence-corrected chi connectivity index (χ1v) is 6.42. The molecular formula is C6H9NaO9S2. The van der Waals surface area contributed by atoms with Gasteiger partial charge in [0, 0.05) is 6.07 Å². The largest absolute Gasteiger partial charge is 1.00 e. The van der Waals surface area contributed by atoms with Gasteiger partial charge in [0.2, 0.25) is 0 Å². The first-order valence-electron chi connectivity index (χ1n) is 3.54. The molecular weight excluding hydrogens is 303 g/mol. The summed E-state index contributed by atoms with van der Waals surface area (Å²) in [6, 6.07) is 0.735. The van der Waals surface area contributed by atoms with E-state index in [4.69, 9.17) is 19.3 Å². The molecule has 6 N–H and O–H groups in total. The Morgan fingerprint density at radius 1 is 0.944 bits per heavy atom. The van der Waals surface area contributed by atoms with Crippen LogP contribution >= 0.6 is 0 Å². The molecule has 12 heteroatoms. The molecule has 0 saturated carbocycles. The Kier molecular flexibility index (Phi) is 6.82. The Labute approximate surface area is 126 Å². The van der Waals surface area contributed by atoms with Gasteiger partial charge in [0.05, 0.1) is 4.90 Å². The maximum absolute atomic E-state index is 10.7. The number of benzene rings is 1. The third-order valence-electron chi connectivity index (χ3n) is 1.60. The number of hydrogen-bond acceptors (Lipinski definition) is 6. The first kappa shape index (κ1) is 19.9. The minimum atomic E-state index is -4.92. The molecule has 0 aliphatic heterocycles. The number of aromatic hydroxyl groups is 2. The smallest absolute Gasteiger partial charge is 1.00 e. The molecule has 0 bridgehead atoms. The van der Waals surface area contributed by atoms with E-state index in [1.807, 2.05) is 0 Å². The number of hydrogen-bond donors (Lipinski definition) is 4. The van der Waals surface area contributed by atoms with Crippen LogP contribution in [0.3, 0.4) is 0 Å². The van der Waals surface area contributed by atoms with Gasteiger partial charge < -0.3 is 17.1 Å². The molecule has 0 saturated heterocycles. The molecule has 9 nitrogen and oxygen atoms in total. The topological polar surface area (TPSA) is 181 Å². The van der Waals surface area contributed by atoms with E-state index >= 15 is 0 Å². The van der Waals surface area contributed by atoms with Crippen LogP contribution in [-0.2, 0) is 20.2 Å². The van der Waals surface area contributed by atoms with Crippen LogP contribution in [0.4, 0.5) is 0 Å². The summed E-state index contributed by atoms with van der Waals surface area (Å²) >= 11 is 0. The fraction of sp³-hybridized carbons (Fsp3) is 0. The van der Waals surface area contributed by atoms with Crippen molar-refractivity contribution >= 4 is 20.2 Å². The van der Waals surface area contributed by atoms with Gasteiger partial charge in [-0.3, -0.25) is 9.11 Å². The third-order valence-corrected chi connectivity index (χ3v) is 3.30. The average molecular weight is 312 g/mol. The molecule has 100 valence electrons. The van der Waals surface area contributed by atoms with E-state index in [1.165, 1.54) is 0 Å². The van der Waals surface area contributed by atoms with Crippen molar-refractivity contribution in [2.75, 3.05) is 0 Å². The molecule has 0 heterocycles. The molecule has 0 unspecified atom stereocenters. The van der Waals surface area contributed by atoms with Crippen molar-refractivity contribution < 1.29 is 72.6 Å². The van der Waals surface area contributed by atoms with E-state index in [0.717, 1.165) is 0 Å². The standard InChI is InChI=1S/C6H6O8S2.Na.H2O.H/c7-4-1-3(15(9,10)11)2-5(6(4)8)16(12,13)14;;;/h1-2,7-8H,(H,9,10,11)(H,12,13,14);;1H2;/q;+1;;-1. The fourth-order valence-electron chi connectivity index (χ4n) is 0.914. The zero-order valence-corrected chi connectivity index (χ0v) is 12.5. The third kappa shape index (κ3) is 4.37. The molecule has 0 amide bonds. The van der Waals surface area contributed by atoms with E-state index < -0.39 is 41.5 Å². The van der Waals surface area contributed by atoms with E-state index in [9.17, 15) is 16.8 Å². The minimum absolute atomic E-state index is 0. The van der Waals surface area contributed by atoms with Gasteiger partial charge >= 0.3 is 29.6 Å². The van der Waals surface area contributed by atoms with E-state index in [-0.39, 0.29) is 36.5 Å². The summed E-state index contributed by atoms with van der Waals surface area (Å²) in [5, 5.41) is 18.1. The van der Waals surface area contributed by atoms with Gasteiger partial charge in [-0.25, -0.2) is 0 Å². The van der Waals surface area contributed by atoms with Crippen molar-refractivity contribution in [3.63, 3.8) is 0 Å². The molecule has 0 aliphatic carbocycles. The number of phenols is 2. The maximum atomic E-state index is 10.7. The van der Waals surface area contributed by atoms with E-state index in [1.54, 1.807) is 0 Å². The predicted molar refractivity (Wildman–Crippen MR) is 54.1 cm³/mol. The Balaban J connectivity index is -0.000000853. The first-order chi connectivity index (χ1) is 7.03. The molecule has 0 aromatic heterocycles. The Bertz CT molecular complexity index is 639. The number of rotatable bonds is 2. The summed E-state index contributed by atoms with van der Waals surface area (Å²) in [6.45, 7) is 0. The molecule has 18 heavy (non-hydrogen) atoms. The summed E-state index contributed by atoms with van der Waals surface area (Å²) in [5.41, 5.74) is 0. The Morgan fingerprint density at radius 3 is 1.72 bits per heavy atom. The predicted octanol–water partition coefficient (Wildman–Crippen LogP) is -4.12. The van der Waals surface area contributed by atoms with Crippen LogP contribution in [0.15, 0.2) is 21.9 Å². The van der Waals surface area contributed by atoms with E-state index in [0.29, 0.717) is 12.1 Å². The average Bonchev–Trinajstić information content (AvgIpc) is 2.05. The van der Waals surface area contributed by atoms with Crippen LogP contribution in [0.1, 0.15) is 1.43 Å². The second kappa shape index (κ2) is 6.16. The van der Waals surface area contributed by atoms with Gasteiger partial charge in [-0.05, 0) is 6.07 Å². The quantitative estimate of drug-likeness (QED) is 0.241. The van der Waals surface area contributed by atoms with Crippen LogP contribution in [-0.4, -0.2) is 41.6 Å². The van der Waals surface area contributed by atoms with Crippen molar-refractivity contribution in [3.05, 3.63) is 12.1 Å². The second-order valence-corrected chi connectivity index (χ2v) is 5.55. The van der Waals surface area contributed by atoms with Gasteiger partial charge in [-0.2, -0.15) is 16.8 Å². The fourth-order valence-corrected chi connectivity index (χ4v) is 2.14. The normalized spacial score (nSPS) is 11.2. The number of phenolic OH excluding ortho intramolecular Hbond substituents is 2. The Morgan fingerprint density at radius 2 is 1.39 bits per heavy atom. The van der Waals surface area contributed by atoms with E-state index in [2.05, 4.69) is 0 Å². The SMILES string of the molecule is O.O=S(=O)(O)c1cc(O)c(O)c(S(=O)(=O)O)c1.[H-].[Na+]. The van der Waals surface area contributed by atoms with Gasteiger partial charge in [-0.15, -0.1) is 0 Å². The monoisotopic (exact) mass is 312 g/mol. The van der Waals surface area contributed by atoms with Crippen LogP contribution in [0.5, 0.6) is 11.5 Å². The Hall–Kier alpha value is -0.400. The van der Waals surface area contributed by atoms with Crippen molar-refractivity contribution in [1.82, 2.24) is 0 Å². The van der Waals surface area contributed by atoms with Crippen molar-refractivity contribution in [2.24, 2.45) is 0 Å². The molecule has 0 fully saturated rings. The second-order valence-electron chi connectivity index (χ2n) is 2.74. The van der Waals surface area contributed by atoms with Crippen LogP contribution in [0.25, 0.3) is 0 Å². The molecule has 0 radical (unpaired) electrons. The van der Waals surface area contributed by atoms with Gasteiger partial charge in [0.15, 0.2) is 11.5 Å². The van der Waals surface area contributed by atoms with Gasteiger partial charge in [-0.1, -0.05) is 0 Å². The summed E-state index contributed by atoms with van der Waals surface area (Å²) in [5.74, 6) is -2.32. The van der Waals surface area contributed by atoms with Gasteiger partial charge in [0.1, 0.15) is 4.90 Å². The molecule has 1 aromatic carbocycles. The van der Waals surface area contributed by atoms with Crippen LogP contribution in [0, 0.1) is 0 Å². The zero-order chi connectivity index (χ0) is 12.7. The van der Waals surface area contributed by atoms with Crippen molar-refractivity contribution in [3.8, 4) is 11.5 Å². The minimum Gasteiger partial charge on any atom is -1.00 e.